The summed E-state index contributed by atoms with van der Waals surface area (Å²) in [7, 11) is 0. The monoisotopic (exact) mass is 283 g/mol. The van der Waals surface area contributed by atoms with Gasteiger partial charge in [-0.3, -0.25) is 0 Å². The zero-order valence-electron chi connectivity index (χ0n) is 7.55. The van der Waals surface area contributed by atoms with E-state index in [1.54, 1.807) is 0 Å². The Hall–Kier alpha value is -0.590. The molecule has 0 bridgehead atoms. The van der Waals surface area contributed by atoms with Crippen molar-refractivity contribution in [2.75, 3.05) is 6.54 Å². The Kier molecular flexibility index (Phi) is 3.75. The van der Waals surface area contributed by atoms with Crippen LogP contribution in [-0.4, -0.2) is 11.7 Å². The fourth-order valence-corrected chi connectivity index (χ4v) is 1.62. The molecule has 0 fully saturated rings. The van der Waals surface area contributed by atoms with Gasteiger partial charge in [0.1, 0.15) is 0 Å². The van der Waals surface area contributed by atoms with Crippen LogP contribution in [0.1, 0.15) is 17.2 Å². The molecule has 0 aliphatic heterocycles. The van der Waals surface area contributed by atoms with E-state index in [0.717, 1.165) is 12.1 Å². The molecule has 1 rings (SSSR count). The lowest BCUT2D eigenvalue weighted by Crippen LogP contribution is -2.13. The molecule has 84 valence electrons. The van der Waals surface area contributed by atoms with Gasteiger partial charge < -0.3 is 10.8 Å². The largest absolute Gasteiger partial charge is 0.416 e. The minimum Gasteiger partial charge on any atom is -0.387 e. The highest BCUT2D eigenvalue weighted by atomic mass is 79.9. The molecule has 0 aliphatic rings. The van der Waals surface area contributed by atoms with E-state index in [1.165, 1.54) is 6.07 Å². The van der Waals surface area contributed by atoms with Crippen LogP contribution in [0.5, 0.6) is 0 Å². The molecule has 0 heterocycles. The third-order valence-electron chi connectivity index (χ3n) is 1.86. The molecule has 2 nitrogen and oxygen atoms in total. The normalized spacial score (nSPS) is 14.0. The second kappa shape index (κ2) is 4.51. The third kappa shape index (κ3) is 3.19. The SMILES string of the molecule is NCC(O)c1cc(Br)cc(C(F)(F)F)c1. The molecule has 1 unspecified atom stereocenters. The van der Waals surface area contributed by atoms with Gasteiger partial charge in [-0.05, 0) is 23.8 Å². The Morgan fingerprint density at radius 2 is 1.93 bits per heavy atom. The Labute approximate surface area is 93.0 Å². The summed E-state index contributed by atoms with van der Waals surface area (Å²) in [5.74, 6) is 0. The van der Waals surface area contributed by atoms with Crippen molar-refractivity contribution in [1.82, 2.24) is 0 Å². The van der Waals surface area contributed by atoms with E-state index < -0.39 is 17.8 Å². The fourth-order valence-electron chi connectivity index (χ4n) is 1.10. The number of hydrogen-bond donors (Lipinski definition) is 2. The first-order valence-electron chi connectivity index (χ1n) is 4.10. The summed E-state index contributed by atoms with van der Waals surface area (Å²) in [6, 6.07) is 3.25. The molecular formula is C9H9BrF3NO. The molecule has 15 heavy (non-hydrogen) atoms. The van der Waals surface area contributed by atoms with Gasteiger partial charge in [0.05, 0.1) is 11.7 Å². The van der Waals surface area contributed by atoms with Crippen LogP contribution in [0.2, 0.25) is 0 Å². The van der Waals surface area contributed by atoms with Crippen LogP contribution in [0.15, 0.2) is 22.7 Å². The maximum Gasteiger partial charge on any atom is 0.416 e. The van der Waals surface area contributed by atoms with Crippen LogP contribution >= 0.6 is 15.9 Å². The Balaban J connectivity index is 3.17. The molecule has 6 heteroatoms. The zero-order valence-corrected chi connectivity index (χ0v) is 9.14. The quantitative estimate of drug-likeness (QED) is 0.876. The van der Waals surface area contributed by atoms with Crippen LogP contribution in [0.3, 0.4) is 0 Å². The van der Waals surface area contributed by atoms with Gasteiger partial charge in [0.2, 0.25) is 0 Å². The molecule has 1 aromatic carbocycles. The number of hydrogen-bond acceptors (Lipinski definition) is 2. The summed E-state index contributed by atoms with van der Waals surface area (Å²) in [5, 5.41) is 9.33. The second-order valence-electron chi connectivity index (χ2n) is 3.02. The van der Waals surface area contributed by atoms with E-state index in [1.807, 2.05) is 0 Å². The van der Waals surface area contributed by atoms with Crippen LogP contribution in [-0.2, 0) is 6.18 Å². The third-order valence-corrected chi connectivity index (χ3v) is 2.31. The number of benzene rings is 1. The number of alkyl halides is 3. The number of rotatable bonds is 2. The van der Waals surface area contributed by atoms with Gasteiger partial charge in [-0.15, -0.1) is 0 Å². The minimum absolute atomic E-state index is 0.117. The average molecular weight is 284 g/mol. The van der Waals surface area contributed by atoms with Gasteiger partial charge >= 0.3 is 6.18 Å². The number of aliphatic hydroxyl groups excluding tert-OH is 1. The predicted molar refractivity (Wildman–Crippen MR) is 53.2 cm³/mol. The van der Waals surface area contributed by atoms with E-state index in [2.05, 4.69) is 15.9 Å². The predicted octanol–water partition coefficient (Wildman–Crippen LogP) is 2.46. The molecule has 3 N–H and O–H groups in total. The van der Waals surface area contributed by atoms with E-state index >= 15 is 0 Å². The lowest BCUT2D eigenvalue weighted by atomic mass is 10.1. The minimum atomic E-state index is -4.42. The van der Waals surface area contributed by atoms with E-state index in [-0.39, 0.29) is 16.6 Å². The summed E-state index contributed by atoms with van der Waals surface area (Å²) in [5.41, 5.74) is 4.51. The zero-order chi connectivity index (χ0) is 11.6. The lowest BCUT2D eigenvalue weighted by Gasteiger charge is -2.13. The van der Waals surface area contributed by atoms with Gasteiger partial charge in [0.25, 0.3) is 0 Å². The van der Waals surface area contributed by atoms with Crippen LogP contribution in [0.4, 0.5) is 13.2 Å². The van der Waals surface area contributed by atoms with Crippen molar-refractivity contribution in [2.45, 2.75) is 12.3 Å². The molecule has 0 saturated heterocycles. The van der Waals surface area contributed by atoms with Gasteiger partial charge in [-0.25, -0.2) is 0 Å². The first-order chi connectivity index (χ1) is 6.84. The molecule has 0 radical (unpaired) electrons. The van der Waals surface area contributed by atoms with Crippen LogP contribution in [0.25, 0.3) is 0 Å². The molecule has 0 saturated carbocycles. The molecule has 0 aliphatic carbocycles. The van der Waals surface area contributed by atoms with Crippen molar-refractivity contribution in [3.8, 4) is 0 Å². The highest BCUT2D eigenvalue weighted by molar-refractivity contribution is 9.10. The standard InChI is InChI=1S/C9H9BrF3NO/c10-7-2-5(8(15)4-14)1-6(3-7)9(11,12)13/h1-3,8,15H,4,14H2. The Morgan fingerprint density at radius 3 is 2.40 bits per heavy atom. The van der Waals surface area contributed by atoms with Gasteiger partial charge in [-0.2, -0.15) is 13.2 Å². The van der Waals surface area contributed by atoms with Crippen molar-refractivity contribution >= 4 is 15.9 Å². The number of aliphatic hydroxyl groups is 1. The van der Waals surface area contributed by atoms with Crippen LogP contribution in [0, 0.1) is 0 Å². The Morgan fingerprint density at radius 1 is 1.33 bits per heavy atom. The van der Waals surface area contributed by atoms with Crippen molar-refractivity contribution in [1.29, 1.82) is 0 Å². The van der Waals surface area contributed by atoms with Crippen molar-refractivity contribution in [3.63, 3.8) is 0 Å². The van der Waals surface area contributed by atoms with E-state index in [4.69, 9.17) is 5.73 Å². The Bertz CT molecular complexity index is 354. The van der Waals surface area contributed by atoms with Crippen LogP contribution < -0.4 is 5.73 Å². The smallest absolute Gasteiger partial charge is 0.387 e. The summed E-state index contributed by atoms with van der Waals surface area (Å²) in [4.78, 5) is 0. The molecule has 1 aromatic rings. The summed E-state index contributed by atoms with van der Waals surface area (Å²) in [6.45, 7) is -0.117. The van der Waals surface area contributed by atoms with Crippen molar-refractivity contribution < 1.29 is 18.3 Å². The number of nitrogens with two attached hydrogens (primary N) is 1. The lowest BCUT2D eigenvalue weighted by molar-refractivity contribution is -0.137. The maximum absolute atomic E-state index is 12.4. The summed E-state index contributed by atoms with van der Waals surface area (Å²) in [6.07, 6.45) is -5.50. The first kappa shape index (κ1) is 12.5. The molecule has 0 spiro atoms. The number of halogens is 4. The summed E-state index contributed by atoms with van der Waals surface area (Å²) >= 11 is 2.95. The molecule has 0 amide bonds. The van der Waals surface area contributed by atoms with Crippen molar-refractivity contribution in [2.24, 2.45) is 5.73 Å². The van der Waals surface area contributed by atoms with Gasteiger partial charge in [-0.1, -0.05) is 15.9 Å². The fraction of sp³-hybridized carbons (Fsp3) is 0.333. The summed E-state index contributed by atoms with van der Waals surface area (Å²) < 4.78 is 37.4. The highest BCUT2D eigenvalue weighted by Crippen LogP contribution is 2.33. The molecular weight excluding hydrogens is 275 g/mol. The highest BCUT2D eigenvalue weighted by Gasteiger charge is 2.31. The van der Waals surface area contributed by atoms with E-state index in [9.17, 15) is 18.3 Å². The topological polar surface area (TPSA) is 46.2 Å². The second-order valence-corrected chi connectivity index (χ2v) is 3.94. The first-order valence-corrected chi connectivity index (χ1v) is 4.89. The van der Waals surface area contributed by atoms with Gasteiger partial charge in [0.15, 0.2) is 0 Å². The van der Waals surface area contributed by atoms with Gasteiger partial charge in [0, 0.05) is 11.0 Å². The molecule has 1 atom stereocenters. The molecule has 0 aromatic heterocycles. The maximum atomic E-state index is 12.4. The van der Waals surface area contributed by atoms with Crippen molar-refractivity contribution in [3.05, 3.63) is 33.8 Å². The average Bonchev–Trinajstić information content (AvgIpc) is 2.14. The van der Waals surface area contributed by atoms with E-state index in [0.29, 0.717) is 0 Å².